The molecule has 0 radical (unpaired) electrons. The van der Waals surface area contributed by atoms with Crippen molar-refractivity contribution in [3.05, 3.63) is 29.8 Å². The lowest BCUT2D eigenvalue weighted by molar-refractivity contribution is -0.144. The summed E-state index contributed by atoms with van der Waals surface area (Å²) in [6, 6.07) is 6.18. The maximum absolute atomic E-state index is 13.8. The molecule has 0 aliphatic carbocycles. The van der Waals surface area contributed by atoms with Gasteiger partial charge in [-0.1, -0.05) is 19.9 Å². The second-order valence-electron chi connectivity index (χ2n) is 10.0. The summed E-state index contributed by atoms with van der Waals surface area (Å²) in [7, 11) is 1.55. The third-order valence-electron chi connectivity index (χ3n) is 7.11. The average molecular weight is 488 g/mol. The Morgan fingerprint density at radius 1 is 1.23 bits per heavy atom. The van der Waals surface area contributed by atoms with Crippen LogP contribution in [0.4, 0.5) is 0 Å². The van der Waals surface area contributed by atoms with Crippen LogP contribution < -0.4 is 10.1 Å². The van der Waals surface area contributed by atoms with Gasteiger partial charge in [-0.2, -0.15) is 0 Å². The van der Waals surface area contributed by atoms with Crippen LogP contribution in [0.15, 0.2) is 24.3 Å². The minimum atomic E-state index is -0.930. The van der Waals surface area contributed by atoms with E-state index in [4.69, 9.17) is 14.2 Å². The first kappa shape index (κ1) is 25.4. The number of hydrogen-bond acceptors (Lipinski definition) is 6. The maximum Gasteiger partial charge on any atom is 0.257 e. The SMILES string of the molecule is COc1cccc(C(=O)N2[C@@H](C(=O)NC[C@@H]3CCCO3)COC23CCN(C(=O)CC(C)C)CC3)c1. The lowest BCUT2D eigenvalue weighted by Gasteiger charge is -2.44. The van der Waals surface area contributed by atoms with Crippen LogP contribution in [0.25, 0.3) is 0 Å². The zero-order valence-corrected chi connectivity index (χ0v) is 21.0. The van der Waals surface area contributed by atoms with Crippen molar-refractivity contribution < 1.29 is 28.6 Å². The summed E-state index contributed by atoms with van der Waals surface area (Å²) in [4.78, 5) is 43.2. The summed E-state index contributed by atoms with van der Waals surface area (Å²) in [5.74, 6) is 0.444. The van der Waals surface area contributed by atoms with Crippen LogP contribution >= 0.6 is 0 Å². The van der Waals surface area contributed by atoms with Crippen molar-refractivity contribution in [3.8, 4) is 5.75 Å². The van der Waals surface area contributed by atoms with Gasteiger partial charge in [0, 0.05) is 51.1 Å². The number of piperidine rings is 1. The molecule has 3 aliphatic heterocycles. The molecule has 1 spiro atoms. The zero-order valence-electron chi connectivity index (χ0n) is 21.0. The summed E-state index contributed by atoms with van der Waals surface area (Å²) < 4.78 is 17.2. The molecule has 9 heteroatoms. The number of amides is 3. The molecule has 3 heterocycles. The molecule has 3 amide bonds. The molecule has 0 bridgehead atoms. The van der Waals surface area contributed by atoms with Crippen molar-refractivity contribution in [1.82, 2.24) is 15.1 Å². The number of ether oxygens (including phenoxy) is 3. The van der Waals surface area contributed by atoms with Crippen LogP contribution in [0.2, 0.25) is 0 Å². The predicted molar refractivity (Wildman–Crippen MR) is 129 cm³/mol. The van der Waals surface area contributed by atoms with E-state index in [-0.39, 0.29) is 36.4 Å². The number of nitrogens with zero attached hydrogens (tertiary/aromatic N) is 2. The van der Waals surface area contributed by atoms with E-state index in [1.165, 1.54) is 0 Å². The number of hydrogen-bond donors (Lipinski definition) is 1. The van der Waals surface area contributed by atoms with E-state index in [0.717, 1.165) is 12.8 Å². The standard InChI is InChI=1S/C26H37N3O6/c1-18(2)14-23(30)28-11-9-26(10-12-28)29(25(32)19-6-4-7-20(15-19)33-3)22(17-35-26)24(31)27-16-21-8-5-13-34-21/h4,6-7,15,18,21-22H,5,8-14,16-17H2,1-3H3,(H,27,31)/t21-,22+/m0/s1. The van der Waals surface area contributed by atoms with Gasteiger partial charge in [0.25, 0.3) is 5.91 Å². The number of rotatable bonds is 7. The van der Waals surface area contributed by atoms with Gasteiger partial charge in [-0.3, -0.25) is 19.3 Å². The molecule has 192 valence electrons. The second kappa shape index (κ2) is 11.0. The highest BCUT2D eigenvalue weighted by atomic mass is 16.5. The third-order valence-corrected chi connectivity index (χ3v) is 7.11. The number of nitrogens with one attached hydrogen (secondary N) is 1. The number of carbonyl (C=O) groups excluding carboxylic acids is 3. The summed E-state index contributed by atoms with van der Waals surface area (Å²) in [5.41, 5.74) is -0.495. The van der Waals surface area contributed by atoms with Crippen molar-refractivity contribution in [3.63, 3.8) is 0 Å². The highest BCUT2D eigenvalue weighted by Crippen LogP contribution is 2.39. The molecule has 0 aromatic heterocycles. The summed E-state index contributed by atoms with van der Waals surface area (Å²) in [6.07, 6.45) is 3.33. The quantitative estimate of drug-likeness (QED) is 0.633. The number of benzene rings is 1. The molecular weight excluding hydrogens is 450 g/mol. The van der Waals surface area contributed by atoms with E-state index < -0.39 is 11.8 Å². The zero-order chi connectivity index (χ0) is 25.0. The van der Waals surface area contributed by atoms with Crippen LogP contribution in [0.3, 0.4) is 0 Å². The lowest BCUT2D eigenvalue weighted by Crippen LogP contribution is -2.60. The Morgan fingerprint density at radius 2 is 2.00 bits per heavy atom. The Bertz CT molecular complexity index is 921. The number of likely N-dealkylation sites (tertiary alicyclic amines) is 1. The minimum Gasteiger partial charge on any atom is -0.497 e. The molecule has 9 nitrogen and oxygen atoms in total. The monoisotopic (exact) mass is 487 g/mol. The van der Waals surface area contributed by atoms with Crippen LogP contribution in [0.1, 0.15) is 56.3 Å². The highest BCUT2D eigenvalue weighted by Gasteiger charge is 2.54. The van der Waals surface area contributed by atoms with Gasteiger partial charge in [0.2, 0.25) is 11.8 Å². The molecular formula is C26H37N3O6. The Balaban J connectivity index is 1.54. The first-order valence-electron chi connectivity index (χ1n) is 12.6. The van der Waals surface area contributed by atoms with E-state index in [1.807, 2.05) is 18.7 Å². The molecule has 0 saturated carbocycles. The van der Waals surface area contributed by atoms with Crippen molar-refractivity contribution >= 4 is 17.7 Å². The molecule has 4 rings (SSSR count). The van der Waals surface area contributed by atoms with Gasteiger partial charge in [-0.05, 0) is 37.0 Å². The molecule has 3 fully saturated rings. The fraction of sp³-hybridized carbons (Fsp3) is 0.654. The third kappa shape index (κ3) is 5.62. The molecule has 0 unspecified atom stereocenters. The van der Waals surface area contributed by atoms with Gasteiger partial charge in [0.1, 0.15) is 17.5 Å². The van der Waals surface area contributed by atoms with E-state index in [9.17, 15) is 14.4 Å². The molecule has 2 atom stereocenters. The molecule has 1 aromatic carbocycles. The van der Waals surface area contributed by atoms with Gasteiger partial charge >= 0.3 is 0 Å². The van der Waals surface area contributed by atoms with Crippen LogP contribution in [-0.4, -0.2) is 85.3 Å². The van der Waals surface area contributed by atoms with Crippen LogP contribution in [0, 0.1) is 5.92 Å². The van der Waals surface area contributed by atoms with Crippen molar-refractivity contribution in [2.24, 2.45) is 5.92 Å². The normalized spacial score (nSPS) is 23.7. The van der Waals surface area contributed by atoms with E-state index in [1.54, 1.807) is 36.3 Å². The Labute approximate surface area is 207 Å². The summed E-state index contributed by atoms with van der Waals surface area (Å²) in [5, 5.41) is 2.97. The fourth-order valence-electron chi connectivity index (χ4n) is 5.18. The highest BCUT2D eigenvalue weighted by molar-refractivity contribution is 5.98. The molecule has 3 saturated heterocycles. The Hall–Kier alpha value is -2.65. The number of methoxy groups -OCH3 is 1. The van der Waals surface area contributed by atoms with Gasteiger partial charge < -0.3 is 24.4 Å². The van der Waals surface area contributed by atoms with Crippen molar-refractivity contribution in [2.75, 3.05) is 40.0 Å². The van der Waals surface area contributed by atoms with Crippen LogP contribution in [0.5, 0.6) is 5.75 Å². The first-order chi connectivity index (χ1) is 16.8. The topological polar surface area (TPSA) is 97.4 Å². The van der Waals surface area contributed by atoms with Crippen molar-refractivity contribution in [2.45, 2.75) is 63.8 Å². The molecule has 1 N–H and O–H groups in total. The lowest BCUT2D eigenvalue weighted by atomic mass is 9.96. The average Bonchev–Trinajstić information content (AvgIpc) is 3.50. The summed E-state index contributed by atoms with van der Waals surface area (Å²) in [6.45, 7) is 6.27. The molecule has 1 aromatic rings. The van der Waals surface area contributed by atoms with Crippen molar-refractivity contribution in [1.29, 1.82) is 0 Å². The van der Waals surface area contributed by atoms with E-state index >= 15 is 0 Å². The maximum atomic E-state index is 13.8. The van der Waals surface area contributed by atoms with E-state index in [2.05, 4.69) is 5.32 Å². The smallest absolute Gasteiger partial charge is 0.257 e. The predicted octanol–water partition coefficient (Wildman–Crippen LogP) is 2.20. The molecule has 3 aliphatic rings. The fourth-order valence-corrected chi connectivity index (χ4v) is 5.18. The van der Waals surface area contributed by atoms with Gasteiger partial charge in [-0.15, -0.1) is 0 Å². The largest absolute Gasteiger partial charge is 0.497 e. The van der Waals surface area contributed by atoms with Gasteiger partial charge in [0.05, 0.1) is 19.8 Å². The molecule has 35 heavy (non-hydrogen) atoms. The Kier molecular flexibility index (Phi) is 7.96. The first-order valence-corrected chi connectivity index (χ1v) is 12.6. The summed E-state index contributed by atoms with van der Waals surface area (Å²) >= 11 is 0. The minimum absolute atomic E-state index is 0.00739. The second-order valence-corrected chi connectivity index (χ2v) is 10.0. The van der Waals surface area contributed by atoms with Crippen LogP contribution in [-0.2, 0) is 19.1 Å². The Morgan fingerprint density at radius 3 is 2.66 bits per heavy atom. The van der Waals surface area contributed by atoms with E-state index in [0.29, 0.717) is 56.8 Å². The number of carbonyl (C=O) groups is 3. The van der Waals surface area contributed by atoms with Gasteiger partial charge in [0.15, 0.2) is 0 Å². The van der Waals surface area contributed by atoms with Gasteiger partial charge in [-0.25, -0.2) is 0 Å².